The van der Waals surface area contributed by atoms with Crippen LogP contribution in [-0.2, 0) is 9.53 Å². The van der Waals surface area contributed by atoms with Crippen LogP contribution in [0.25, 0.3) is 0 Å². The van der Waals surface area contributed by atoms with Gasteiger partial charge in [0.15, 0.2) is 0 Å². The standard InChI is InChI=1S/C18H27N3O3/c1-2-3-10-20-18(23)14-6-8-15(9-7-14)21-17(22)13-19-12-16-5-4-11-24-16/h6-9,16,19H,2-5,10-13H2,1H3,(H,20,23)(H,21,22). The second-order valence-corrected chi connectivity index (χ2v) is 6.00. The number of amides is 2. The normalized spacial score (nSPS) is 16.8. The molecule has 2 rings (SSSR count). The van der Waals surface area contributed by atoms with Gasteiger partial charge in [0.05, 0.1) is 12.6 Å². The fourth-order valence-electron chi connectivity index (χ4n) is 2.54. The van der Waals surface area contributed by atoms with Crippen LogP contribution >= 0.6 is 0 Å². The molecule has 0 saturated carbocycles. The highest BCUT2D eigenvalue weighted by molar-refractivity contribution is 5.96. The molecule has 1 unspecified atom stereocenters. The molecule has 1 aliphatic rings. The molecule has 6 nitrogen and oxygen atoms in total. The van der Waals surface area contributed by atoms with Gasteiger partial charge in [0.25, 0.3) is 5.91 Å². The fraction of sp³-hybridized carbons (Fsp3) is 0.556. The first-order valence-corrected chi connectivity index (χ1v) is 8.69. The third-order valence-electron chi connectivity index (χ3n) is 3.93. The zero-order chi connectivity index (χ0) is 17.2. The molecule has 6 heteroatoms. The van der Waals surface area contributed by atoms with Crippen molar-refractivity contribution in [2.75, 3.05) is 31.6 Å². The van der Waals surface area contributed by atoms with E-state index < -0.39 is 0 Å². The molecule has 1 heterocycles. The fourth-order valence-corrected chi connectivity index (χ4v) is 2.54. The summed E-state index contributed by atoms with van der Waals surface area (Å²) in [6, 6.07) is 6.92. The number of unbranched alkanes of at least 4 members (excludes halogenated alkanes) is 1. The van der Waals surface area contributed by atoms with Gasteiger partial charge in [0.2, 0.25) is 5.91 Å². The maximum Gasteiger partial charge on any atom is 0.251 e. The largest absolute Gasteiger partial charge is 0.377 e. The number of nitrogens with one attached hydrogen (secondary N) is 3. The molecule has 0 aromatic heterocycles. The second kappa shape index (κ2) is 10.1. The number of ether oxygens (including phenoxy) is 1. The van der Waals surface area contributed by atoms with Crippen LogP contribution in [0.15, 0.2) is 24.3 Å². The van der Waals surface area contributed by atoms with E-state index in [4.69, 9.17) is 4.74 Å². The van der Waals surface area contributed by atoms with Crippen molar-refractivity contribution in [1.29, 1.82) is 0 Å². The Morgan fingerprint density at radius 2 is 2.04 bits per heavy atom. The zero-order valence-electron chi connectivity index (χ0n) is 14.3. The van der Waals surface area contributed by atoms with Gasteiger partial charge in [0.1, 0.15) is 0 Å². The summed E-state index contributed by atoms with van der Waals surface area (Å²) in [6.45, 7) is 4.53. The molecule has 1 saturated heterocycles. The first-order chi connectivity index (χ1) is 11.7. The lowest BCUT2D eigenvalue weighted by molar-refractivity contribution is -0.115. The minimum atomic E-state index is -0.104. The van der Waals surface area contributed by atoms with E-state index in [1.807, 2.05) is 0 Å². The second-order valence-electron chi connectivity index (χ2n) is 6.00. The quantitative estimate of drug-likeness (QED) is 0.603. The van der Waals surface area contributed by atoms with Crippen molar-refractivity contribution in [3.63, 3.8) is 0 Å². The van der Waals surface area contributed by atoms with Gasteiger partial charge in [-0.05, 0) is 43.5 Å². The van der Waals surface area contributed by atoms with Crippen LogP contribution in [0.3, 0.4) is 0 Å². The summed E-state index contributed by atoms with van der Waals surface area (Å²) in [6.07, 6.45) is 4.39. The Hall–Kier alpha value is -1.92. The number of carbonyl (C=O) groups excluding carboxylic acids is 2. The molecule has 132 valence electrons. The first-order valence-electron chi connectivity index (χ1n) is 8.69. The van der Waals surface area contributed by atoms with Crippen LogP contribution in [0.2, 0.25) is 0 Å². The van der Waals surface area contributed by atoms with Crippen LogP contribution in [0.5, 0.6) is 0 Å². The number of carbonyl (C=O) groups is 2. The number of hydrogen-bond acceptors (Lipinski definition) is 4. The molecule has 1 aromatic carbocycles. The summed E-state index contributed by atoms with van der Waals surface area (Å²) in [5.74, 6) is -0.187. The Morgan fingerprint density at radius 3 is 2.71 bits per heavy atom. The predicted molar refractivity (Wildman–Crippen MR) is 94.2 cm³/mol. The Balaban J connectivity index is 1.70. The van der Waals surface area contributed by atoms with Gasteiger partial charge < -0.3 is 20.7 Å². The van der Waals surface area contributed by atoms with Crippen LogP contribution < -0.4 is 16.0 Å². The van der Waals surface area contributed by atoms with Crippen molar-refractivity contribution in [2.24, 2.45) is 0 Å². The lowest BCUT2D eigenvalue weighted by Crippen LogP contribution is -2.33. The molecule has 24 heavy (non-hydrogen) atoms. The molecule has 2 amide bonds. The zero-order valence-corrected chi connectivity index (χ0v) is 14.3. The molecule has 1 fully saturated rings. The number of anilines is 1. The van der Waals surface area contributed by atoms with Gasteiger partial charge in [-0.1, -0.05) is 13.3 Å². The van der Waals surface area contributed by atoms with Crippen molar-refractivity contribution in [3.05, 3.63) is 29.8 Å². The predicted octanol–water partition coefficient (Wildman–Crippen LogP) is 1.92. The van der Waals surface area contributed by atoms with E-state index in [0.717, 1.165) is 32.3 Å². The third kappa shape index (κ3) is 6.29. The van der Waals surface area contributed by atoms with E-state index in [1.165, 1.54) is 0 Å². The number of hydrogen-bond donors (Lipinski definition) is 3. The van der Waals surface area contributed by atoms with Crippen LogP contribution in [-0.4, -0.2) is 44.2 Å². The van der Waals surface area contributed by atoms with Crippen LogP contribution in [0.1, 0.15) is 43.0 Å². The van der Waals surface area contributed by atoms with E-state index in [2.05, 4.69) is 22.9 Å². The molecule has 1 atom stereocenters. The summed E-state index contributed by atoms with van der Waals surface area (Å²) in [7, 11) is 0. The maximum atomic E-state index is 11.9. The summed E-state index contributed by atoms with van der Waals surface area (Å²) in [5.41, 5.74) is 1.28. The topological polar surface area (TPSA) is 79.5 Å². The average molecular weight is 333 g/mol. The van der Waals surface area contributed by atoms with Gasteiger partial charge in [-0.25, -0.2) is 0 Å². The Kier molecular flexibility index (Phi) is 7.71. The molecule has 0 radical (unpaired) electrons. The van der Waals surface area contributed by atoms with Gasteiger partial charge in [0, 0.05) is 30.9 Å². The highest BCUT2D eigenvalue weighted by Crippen LogP contribution is 2.11. The van der Waals surface area contributed by atoms with E-state index in [1.54, 1.807) is 24.3 Å². The molecule has 3 N–H and O–H groups in total. The van der Waals surface area contributed by atoms with Crippen molar-refractivity contribution in [2.45, 2.75) is 38.7 Å². The highest BCUT2D eigenvalue weighted by Gasteiger charge is 2.15. The smallest absolute Gasteiger partial charge is 0.251 e. The minimum Gasteiger partial charge on any atom is -0.377 e. The number of benzene rings is 1. The Bertz CT molecular complexity index is 525. The van der Waals surface area contributed by atoms with Crippen LogP contribution in [0.4, 0.5) is 5.69 Å². The summed E-state index contributed by atoms with van der Waals surface area (Å²) < 4.78 is 5.49. The van der Waals surface area contributed by atoms with E-state index in [0.29, 0.717) is 24.3 Å². The van der Waals surface area contributed by atoms with E-state index >= 15 is 0 Å². The Morgan fingerprint density at radius 1 is 1.25 bits per heavy atom. The van der Waals surface area contributed by atoms with Crippen LogP contribution in [0, 0.1) is 0 Å². The summed E-state index contributed by atoms with van der Waals surface area (Å²) >= 11 is 0. The maximum absolute atomic E-state index is 11.9. The highest BCUT2D eigenvalue weighted by atomic mass is 16.5. The SMILES string of the molecule is CCCCNC(=O)c1ccc(NC(=O)CNCC2CCCO2)cc1. The first kappa shape index (κ1) is 18.4. The van der Waals surface area contributed by atoms with Crippen molar-refractivity contribution < 1.29 is 14.3 Å². The van der Waals surface area contributed by atoms with Gasteiger partial charge >= 0.3 is 0 Å². The molecule has 0 bridgehead atoms. The van der Waals surface area contributed by atoms with Gasteiger partial charge in [-0.3, -0.25) is 9.59 Å². The van der Waals surface area contributed by atoms with Crippen molar-refractivity contribution in [1.82, 2.24) is 10.6 Å². The molecule has 0 spiro atoms. The van der Waals surface area contributed by atoms with E-state index in [9.17, 15) is 9.59 Å². The van der Waals surface area contributed by atoms with E-state index in [-0.39, 0.29) is 24.5 Å². The van der Waals surface area contributed by atoms with Gasteiger partial charge in [-0.2, -0.15) is 0 Å². The number of rotatable bonds is 9. The Labute approximate surface area is 143 Å². The van der Waals surface area contributed by atoms with Crippen molar-refractivity contribution >= 4 is 17.5 Å². The molecule has 1 aliphatic heterocycles. The molecule has 0 aliphatic carbocycles. The summed E-state index contributed by atoms with van der Waals surface area (Å²) in [5, 5.41) is 8.78. The van der Waals surface area contributed by atoms with Crippen molar-refractivity contribution in [3.8, 4) is 0 Å². The average Bonchev–Trinajstić information content (AvgIpc) is 3.09. The molecule has 1 aromatic rings. The minimum absolute atomic E-state index is 0.0837. The molecular formula is C18H27N3O3. The third-order valence-corrected chi connectivity index (χ3v) is 3.93. The molecular weight excluding hydrogens is 306 g/mol. The summed E-state index contributed by atoms with van der Waals surface area (Å²) in [4.78, 5) is 23.8. The lowest BCUT2D eigenvalue weighted by atomic mass is 10.2. The van der Waals surface area contributed by atoms with Gasteiger partial charge in [-0.15, -0.1) is 0 Å². The lowest BCUT2D eigenvalue weighted by Gasteiger charge is -2.11. The monoisotopic (exact) mass is 333 g/mol.